The number of halogens is 1. The van der Waals surface area contributed by atoms with Gasteiger partial charge in [0, 0.05) is 35.6 Å². The smallest absolute Gasteiger partial charge is 0.209 e. The van der Waals surface area contributed by atoms with Gasteiger partial charge in [-0.05, 0) is 25.1 Å². The summed E-state index contributed by atoms with van der Waals surface area (Å²) in [4.78, 5) is 34.2. The maximum atomic E-state index is 12.3. The van der Waals surface area contributed by atoms with Gasteiger partial charge in [0.05, 0.1) is 26.1 Å². The Balaban J connectivity index is 1.87. The average molecular weight is 406 g/mol. The second kappa shape index (κ2) is 6.47. The van der Waals surface area contributed by atoms with Crippen LogP contribution in [0.5, 0.6) is 0 Å². The Hall–Kier alpha value is -3.16. The number of hydrogen-bond acceptors (Lipinski definition) is 6. The first-order valence-corrected chi connectivity index (χ1v) is 9.66. The third-order valence-corrected chi connectivity index (χ3v) is 5.58. The van der Waals surface area contributed by atoms with E-state index in [0.29, 0.717) is 22.1 Å². The fraction of sp³-hybridized carbons (Fsp3) is 0.0500. The van der Waals surface area contributed by atoms with Crippen molar-refractivity contribution >= 4 is 45.0 Å². The van der Waals surface area contributed by atoms with Gasteiger partial charge in [0.15, 0.2) is 11.2 Å². The number of benzene rings is 1. The normalized spacial score (nSPS) is 11.4. The molecule has 8 heteroatoms. The van der Waals surface area contributed by atoms with Gasteiger partial charge >= 0.3 is 0 Å². The van der Waals surface area contributed by atoms with E-state index in [4.69, 9.17) is 16.6 Å². The monoisotopic (exact) mass is 405 g/mol. The first-order valence-electron chi connectivity index (χ1n) is 8.47. The zero-order valence-electron chi connectivity index (χ0n) is 14.6. The summed E-state index contributed by atoms with van der Waals surface area (Å²) in [6.45, 7) is 1.93. The topological polar surface area (TPSA) is 84.4 Å². The van der Waals surface area contributed by atoms with Crippen molar-refractivity contribution in [2.75, 3.05) is 0 Å². The van der Waals surface area contributed by atoms with Gasteiger partial charge in [-0.2, -0.15) is 0 Å². The van der Waals surface area contributed by atoms with Crippen LogP contribution in [0.25, 0.3) is 43.9 Å². The lowest BCUT2D eigenvalue weighted by molar-refractivity contribution is 1.22. The Morgan fingerprint density at radius 2 is 1.96 bits per heavy atom. The summed E-state index contributed by atoms with van der Waals surface area (Å²) in [7, 11) is 0. The van der Waals surface area contributed by atoms with E-state index in [1.54, 1.807) is 24.7 Å². The predicted octanol–water partition coefficient (Wildman–Crippen LogP) is 4.62. The minimum Gasteiger partial charge on any atom is -0.345 e. The van der Waals surface area contributed by atoms with Crippen molar-refractivity contribution in [1.82, 2.24) is 24.9 Å². The summed E-state index contributed by atoms with van der Waals surface area (Å²) >= 11 is 8.00. The van der Waals surface area contributed by atoms with Crippen LogP contribution < -0.4 is 5.43 Å². The number of rotatable bonds is 2. The number of H-pyrrole nitrogens is 1. The molecular weight excluding hydrogens is 394 g/mol. The maximum absolute atomic E-state index is 12.3. The molecule has 6 nitrogen and oxygen atoms in total. The van der Waals surface area contributed by atoms with Crippen molar-refractivity contribution in [1.29, 1.82) is 0 Å². The lowest BCUT2D eigenvalue weighted by Gasteiger charge is -2.10. The predicted molar refractivity (Wildman–Crippen MR) is 112 cm³/mol. The number of thiazole rings is 1. The van der Waals surface area contributed by atoms with Crippen LogP contribution in [0.3, 0.4) is 0 Å². The molecule has 1 N–H and O–H groups in total. The number of fused-ring (bicyclic) bond motifs is 2. The minimum atomic E-state index is -0.192. The molecular formula is C20H12ClN5OS. The lowest BCUT2D eigenvalue weighted by atomic mass is 10.1. The fourth-order valence-corrected chi connectivity index (χ4v) is 4.16. The maximum Gasteiger partial charge on any atom is 0.209 e. The highest BCUT2D eigenvalue weighted by molar-refractivity contribution is 7.15. The van der Waals surface area contributed by atoms with Crippen LogP contribution in [-0.2, 0) is 0 Å². The van der Waals surface area contributed by atoms with Crippen LogP contribution in [0, 0.1) is 6.92 Å². The minimum absolute atomic E-state index is 0.192. The second-order valence-electron chi connectivity index (χ2n) is 6.24. The molecule has 0 unspecified atom stereocenters. The Morgan fingerprint density at radius 1 is 1.07 bits per heavy atom. The zero-order chi connectivity index (χ0) is 19.3. The highest BCUT2D eigenvalue weighted by Gasteiger charge is 2.18. The summed E-state index contributed by atoms with van der Waals surface area (Å²) in [6, 6.07) is 9.00. The third-order valence-electron chi connectivity index (χ3n) is 4.37. The summed E-state index contributed by atoms with van der Waals surface area (Å²) < 4.78 is 0. The Bertz CT molecular complexity index is 1430. The van der Waals surface area contributed by atoms with Gasteiger partial charge < -0.3 is 4.98 Å². The Kier molecular flexibility index (Phi) is 3.92. The van der Waals surface area contributed by atoms with Crippen molar-refractivity contribution in [3.63, 3.8) is 0 Å². The molecule has 0 atom stereocenters. The number of nitrogens with zero attached hydrogens (tertiary/aromatic N) is 4. The zero-order valence-corrected chi connectivity index (χ0v) is 16.2. The van der Waals surface area contributed by atoms with Crippen molar-refractivity contribution in [2.45, 2.75) is 6.92 Å². The van der Waals surface area contributed by atoms with E-state index < -0.39 is 0 Å². The number of aromatic amines is 1. The van der Waals surface area contributed by atoms with Gasteiger partial charge in [0.25, 0.3) is 0 Å². The summed E-state index contributed by atoms with van der Waals surface area (Å²) in [6.07, 6.45) is 5.04. The summed E-state index contributed by atoms with van der Waals surface area (Å²) in [5.41, 5.74) is 3.25. The molecule has 0 aliphatic carbocycles. The van der Waals surface area contributed by atoms with Gasteiger partial charge in [-0.1, -0.05) is 17.7 Å². The Morgan fingerprint density at radius 3 is 2.79 bits per heavy atom. The van der Waals surface area contributed by atoms with Crippen LogP contribution in [0.15, 0.2) is 53.7 Å². The number of aryl methyl sites for hydroxylation is 1. The average Bonchev–Trinajstić information content (AvgIpc) is 3.14. The second-order valence-corrected chi connectivity index (χ2v) is 7.88. The molecule has 0 radical (unpaired) electrons. The number of pyridine rings is 2. The largest absolute Gasteiger partial charge is 0.345 e. The standard InChI is InChI=1S/C20H12ClN5OS/c1-10-24-9-15(28-10)19-17(25-18-14(27)4-6-23-20(18)26-19)12-7-11-3-2-5-22-16(11)13(21)8-12/h2-9H,1H3,(H,23,26,27). The molecule has 4 heterocycles. The van der Waals surface area contributed by atoms with E-state index in [1.807, 2.05) is 25.1 Å². The van der Waals surface area contributed by atoms with E-state index in [9.17, 15) is 4.79 Å². The van der Waals surface area contributed by atoms with Crippen LogP contribution >= 0.6 is 22.9 Å². The van der Waals surface area contributed by atoms with Gasteiger partial charge in [0.2, 0.25) is 5.43 Å². The van der Waals surface area contributed by atoms with Crippen molar-refractivity contribution in [3.8, 4) is 21.8 Å². The number of aromatic nitrogens is 5. The highest BCUT2D eigenvalue weighted by Crippen LogP contribution is 2.36. The molecule has 4 aromatic heterocycles. The summed E-state index contributed by atoms with van der Waals surface area (Å²) in [5.74, 6) is 0. The molecule has 1 aromatic carbocycles. The number of nitrogens with one attached hydrogen (secondary N) is 1. The molecule has 28 heavy (non-hydrogen) atoms. The van der Waals surface area contributed by atoms with Crippen molar-refractivity contribution < 1.29 is 0 Å². The molecule has 0 bridgehead atoms. The molecule has 5 aromatic rings. The first-order chi connectivity index (χ1) is 13.6. The van der Waals surface area contributed by atoms with Crippen LogP contribution in [-0.4, -0.2) is 24.9 Å². The molecule has 0 aliphatic rings. The molecule has 0 spiro atoms. The van der Waals surface area contributed by atoms with E-state index in [1.165, 1.54) is 17.4 Å². The van der Waals surface area contributed by atoms with Gasteiger partial charge in [-0.25, -0.2) is 15.0 Å². The van der Waals surface area contributed by atoms with Crippen molar-refractivity contribution in [2.24, 2.45) is 0 Å². The summed E-state index contributed by atoms with van der Waals surface area (Å²) in [5, 5.41) is 2.33. The van der Waals surface area contributed by atoms with Gasteiger partial charge in [-0.15, -0.1) is 11.3 Å². The molecule has 0 saturated carbocycles. The fourth-order valence-electron chi connectivity index (χ4n) is 3.11. The lowest BCUT2D eigenvalue weighted by Crippen LogP contribution is -2.06. The van der Waals surface area contributed by atoms with Gasteiger partial charge in [0.1, 0.15) is 5.69 Å². The molecule has 0 saturated heterocycles. The third kappa shape index (κ3) is 2.76. The van der Waals surface area contributed by atoms with E-state index in [0.717, 1.165) is 26.4 Å². The molecule has 5 rings (SSSR count). The van der Waals surface area contributed by atoms with Crippen LogP contribution in [0.1, 0.15) is 5.01 Å². The van der Waals surface area contributed by atoms with E-state index in [-0.39, 0.29) is 10.9 Å². The van der Waals surface area contributed by atoms with E-state index >= 15 is 0 Å². The van der Waals surface area contributed by atoms with Gasteiger partial charge in [-0.3, -0.25) is 9.78 Å². The van der Waals surface area contributed by atoms with Crippen molar-refractivity contribution in [3.05, 3.63) is 69.2 Å². The number of hydrogen-bond donors (Lipinski definition) is 1. The Labute approximate surface area is 167 Å². The molecule has 0 amide bonds. The van der Waals surface area contributed by atoms with Crippen LogP contribution in [0.4, 0.5) is 0 Å². The molecule has 136 valence electrons. The molecule has 0 aliphatic heterocycles. The molecule has 0 fully saturated rings. The quantitative estimate of drug-likeness (QED) is 0.463. The highest BCUT2D eigenvalue weighted by atomic mass is 35.5. The van der Waals surface area contributed by atoms with E-state index in [2.05, 4.69) is 19.9 Å². The van der Waals surface area contributed by atoms with Crippen LogP contribution in [0.2, 0.25) is 5.02 Å². The first kappa shape index (κ1) is 17.0. The SMILES string of the molecule is Cc1ncc(-c2nc3[nH]ccc(=O)c3nc2-c2cc(Cl)c3ncccc3c2)s1.